The number of carbonyl (C=O) groups excluding carboxylic acids is 1. The molecule has 1 saturated heterocycles. The molecule has 0 saturated carbocycles. The number of thioether (sulfide) groups is 1. The molecule has 0 bridgehead atoms. The average molecular weight is 616 g/mol. The monoisotopic (exact) mass is 615 g/mol. The molecule has 5 rings (SSSR count). The van der Waals surface area contributed by atoms with Crippen LogP contribution in [0.5, 0.6) is 0 Å². The van der Waals surface area contributed by atoms with Crippen molar-refractivity contribution in [2.45, 2.75) is 56.6 Å². The molecule has 4 aromatic rings. The molecule has 0 radical (unpaired) electrons. The minimum absolute atomic E-state index is 0.0113. The van der Waals surface area contributed by atoms with Crippen LogP contribution in [-0.4, -0.2) is 43.5 Å². The quantitative estimate of drug-likeness (QED) is 0.175. The zero-order chi connectivity index (χ0) is 31.1. The van der Waals surface area contributed by atoms with Crippen molar-refractivity contribution >= 4 is 23.6 Å². The number of rotatable bonds is 12. The van der Waals surface area contributed by atoms with E-state index in [-0.39, 0.29) is 43.5 Å². The number of ether oxygens (including phenoxy) is 2. The molecule has 1 fully saturated rings. The van der Waals surface area contributed by atoms with E-state index in [9.17, 15) is 14.7 Å². The van der Waals surface area contributed by atoms with Crippen LogP contribution in [0.25, 0.3) is 11.1 Å². The van der Waals surface area contributed by atoms with E-state index < -0.39 is 12.3 Å². The molecular formula is C34H37N3O6S. The number of imidazole rings is 1. The number of aromatic nitrogens is 2. The fourth-order valence-corrected chi connectivity index (χ4v) is 6.33. The first-order valence-electron chi connectivity index (χ1n) is 14.6. The molecule has 1 aliphatic rings. The molecule has 3 aromatic carbocycles. The first-order valence-corrected chi connectivity index (χ1v) is 15.6. The van der Waals surface area contributed by atoms with Gasteiger partial charge in [0.05, 0.1) is 25.2 Å². The lowest BCUT2D eigenvalue weighted by atomic mass is 9.91. The molecule has 10 heteroatoms. The first kappa shape index (κ1) is 31.5. The molecule has 9 nitrogen and oxygen atoms in total. The van der Waals surface area contributed by atoms with Crippen molar-refractivity contribution in [3.05, 3.63) is 107 Å². The Morgan fingerprint density at radius 1 is 0.977 bits per heavy atom. The summed E-state index contributed by atoms with van der Waals surface area (Å²) >= 11 is 1.66. The SMILES string of the molecule is C[C@H]1[C@@H](CSc2nccn2C)O[C@@H](c2ccc(-c3ccccc3CNC(=O)CCC(=O)O)cc2)O[C@H]1c1ccc(CO)cc1. The summed E-state index contributed by atoms with van der Waals surface area (Å²) in [5.41, 5.74) is 5.66. The Kier molecular flexibility index (Phi) is 10.5. The van der Waals surface area contributed by atoms with E-state index in [1.54, 1.807) is 18.0 Å². The molecule has 0 unspecified atom stereocenters. The Hall–Kier alpha value is -3.96. The summed E-state index contributed by atoms with van der Waals surface area (Å²) in [6.45, 7) is 2.43. The van der Waals surface area contributed by atoms with Gasteiger partial charge in [0.15, 0.2) is 11.4 Å². The number of hydrogen-bond donors (Lipinski definition) is 3. The summed E-state index contributed by atoms with van der Waals surface area (Å²) in [7, 11) is 1.98. The van der Waals surface area contributed by atoms with Gasteiger partial charge in [-0.15, -0.1) is 0 Å². The number of carboxylic acid groups (broad SMARTS) is 1. The molecule has 1 aliphatic heterocycles. The summed E-state index contributed by atoms with van der Waals surface area (Å²) < 4.78 is 15.2. The minimum Gasteiger partial charge on any atom is -0.481 e. The van der Waals surface area contributed by atoms with E-state index in [2.05, 4.69) is 17.2 Å². The van der Waals surface area contributed by atoms with E-state index in [0.717, 1.165) is 38.5 Å². The van der Waals surface area contributed by atoms with E-state index in [4.69, 9.17) is 14.6 Å². The molecule has 1 aromatic heterocycles. The van der Waals surface area contributed by atoms with Gasteiger partial charge in [0.1, 0.15) is 0 Å². The van der Waals surface area contributed by atoms with Gasteiger partial charge in [-0.3, -0.25) is 9.59 Å². The predicted octanol–water partition coefficient (Wildman–Crippen LogP) is 5.64. The summed E-state index contributed by atoms with van der Waals surface area (Å²) in [4.78, 5) is 27.4. The van der Waals surface area contributed by atoms with E-state index in [1.807, 2.05) is 90.6 Å². The first-order chi connectivity index (χ1) is 21.3. The Labute approximate surface area is 261 Å². The normalized spacial score (nSPS) is 19.9. The summed E-state index contributed by atoms with van der Waals surface area (Å²) in [5.74, 6) is -0.517. The maximum Gasteiger partial charge on any atom is 0.303 e. The number of aryl methyl sites for hydroxylation is 1. The van der Waals surface area contributed by atoms with Crippen molar-refractivity contribution in [2.24, 2.45) is 13.0 Å². The number of benzene rings is 3. The second-order valence-electron chi connectivity index (χ2n) is 10.9. The van der Waals surface area contributed by atoms with Crippen LogP contribution in [0.3, 0.4) is 0 Å². The van der Waals surface area contributed by atoms with Crippen molar-refractivity contribution in [1.29, 1.82) is 0 Å². The van der Waals surface area contributed by atoms with Crippen LogP contribution in [0.15, 0.2) is 90.3 Å². The van der Waals surface area contributed by atoms with Crippen LogP contribution in [0.4, 0.5) is 0 Å². The van der Waals surface area contributed by atoms with Gasteiger partial charge in [0.2, 0.25) is 5.91 Å². The summed E-state index contributed by atoms with van der Waals surface area (Å²) in [6.07, 6.45) is 2.56. The number of nitrogens with zero attached hydrogens (tertiary/aromatic N) is 2. The molecule has 230 valence electrons. The maximum atomic E-state index is 12.1. The number of aliphatic carboxylic acids is 1. The highest BCUT2D eigenvalue weighted by Crippen LogP contribution is 2.43. The fourth-order valence-electron chi connectivity index (χ4n) is 5.24. The molecular weight excluding hydrogens is 578 g/mol. The third-order valence-electron chi connectivity index (χ3n) is 7.83. The van der Waals surface area contributed by atoms with Crippen LogP contribution >= 0.6 is 11.8 Å². The smallest absolute Gasteiger partial charge is 0.303 e. The van der Waals surface area contributed by atoms with Crippen LogP contribution in [0.1, 0.15) is 54.4 Å². The second-order valence-corrected chi connectivity index (χ2v) is 11.9. The van der Waals surface area contributed by atoms with Gasteiger partial charge in [-0.2, -0.15) is 0 Å². The van der Waals surface area contributed by atoms with Gasteiger partial charge in [-0.1, -0.05) is 91.5 Å². The lowest BCUT2D eigenvalue weighted by molar-refractivity contribution is -0.268. The van der Waals surface area contributed by atoms with Crippen molar-refractivity contribution in [2.75, 3.05) is 5.75 Å². The Balaban J connectivity index is 1.34. The van der Waals surface area contributed by atoms with E-state index >= 15 is 0 Å². The number of carbonyl (C=O) groups is 2. The third kappa shape index (κ3) is 7.75. The number of hydrogen-bond acceptors (Lipinski definition) is 7. The van der Waals surface area contributed by atoms with Gasteiger partial charge >= 0.3 is 5.97 Å². The Bertz CT molecular complexity index is 1560. The van der Waals surface area contributed by atoms with Crippen molar-refractivity contribution in [3.63, 3.8) is 0 Å². The Morgan fingerprint density at radius 3 is 2.39 bits per heavy atom. The Morgan fingerprint density at radius 2 is 1.70 bits per heavy atom. The van der Waals surface area contributed by atoms with E-state index in [0.29, 0.717) is 12.3 Å². The van der Waals surface area contributed by atoms with Crippen molar-refractivity contribution in [3.8, 4) is 11.1 Å². The topological polar surface area (TPSA) is 123 Å². The third-order valence-corrected chi connectivity index (χ3v) is 8.98. The minimum atomic E-state index is -0.995. The van der Waals surface area contributed by atoms with Gasteiger partial charge in [0.25, 0.3) is 0 Å². The zero-order valence-corrected chi connectivity index (χ0v) is 25.6. The van der Waals surface area contributed by atoms with Gasteiger partial charge in [-0.25, -0.2) is 4.98 Å². The molecule has 2 heterocycles. The molecule has 0 aliphatic carbocycles. The van der Waals surface area contributed by atoms with Crippen LogP contribution in [0.2, 0.25) is 0 Å². The number of nitrogens with one attached hydrogen (secondary N) is 1. The molecule has 44 heavy (non-hydrogen) atoms. The van der Waals surface area contributed by atoms with Gasteiger partial charge in [-0.05, 0) is 27.8 Å². The fraction of sp³-hybridized carbons (Fsp3) is 0.324. The highest BCUT2D eigenvalue weighted by atomic mass is 32.2. The molecule has 3 N–H and O–H groups in total. The lowest BCUT2D eigenvalue weighted by Crippen LogP contribution is -2.38. The highest BCUT2D eigenvalue weighted by Gasteiger charge is 2.38. The van der Waals surface area contributed by atoms with Crippen LogP contribution in [0, 0.1) is 5.92 Å². The standard InChI is InChI=1S/C34H37N3O6S/c1-22-29(21-44-34-35-17-18-37(34)2)42-33(43-32(22)25-9-7-23(20-38)8-10-25)26-13-11-24(12-14-26)28-6-4-3-5-27(28)19-36-30(39)15-16-31(40)41/h3-14,17-18,22,29,32-33,38H,15-16,19-21H2,1-2H3,(H,36,39)(H,40,41)/t22-,29+,32+,33+/m0/s1. The number of aliphatic hydroxyl groups excluding tert-OH is 1. The highest BCUT2D eigenvalue weighted by molar-refractivity contribution is 7.99. The lowest BCUT2D eigenvalue weighted by Gasteiger charge is -2.41. The average Bonchev–Trinajstić information content (AvgIpc) is 3.46. The summed E-state index contributed by atoms with van der Waals surface area (Å²) in [5, 5.41) is 22.1. The van der Waals surface area contributed by atoms with Crippen LogP contribution < -0.4 is 5.32 Å². The number of aliphatic hydroxyl groups is 1. The number of carboxylic acids is 1. The van der Waals surface area contributed by atoms with Crippen molar-refractivity contribution < 1.29 is 29.3 Å². The van der Waals surface area contributed by atoms with Gasteiger partial charge < -0.3 is 29.6 Å². The van der Waals surface area contributed by atoms with Crippen LogP contribution in [-0.2, 0) is 39.3 Å². The predicted molar refractivity (Wildman–Crippen MR) is 167 cm³/mol. The maximum absolute atomic E-state index is 12.1. The number of amides is 1. The molecule has 1 amide bonds. The largest absolute Gasteiger partial charge is 0.481 e. The van der Waals surface area contributed by atoms with E-state index in [1.165, 1.54) is 0 Å². The summed E-state index contributed by atoms with van der Waals surface area (Å²) in [6, 6.07) is 23.7. The van der Waals surface area contributed by atoms with Crippen molar-refractivity contribution in [1.82, 2.24) is 14.9 Å². The molecule has 0 spiro atoms. The second kappa shape index (κ2) is 14.7. The van der Waals surface area contributed by atoms with Gasteiger partial charge in [0, 0.05) is 49.6 Å². The zero-order valence-electron chi connectivity index (χ0n) is 24.8. The molecule has 4 atom stereocenters.